The minimum atomic E-state index is 0.121. The number of allylic oxidation sites excluding steroid dienone is 1. The van der Waals surface area contributed by atoms with Crippen LogP contribution in [-0.4, -0.2) is 62.3 Å². The van der Waals surface area contributed by atoms with Crippen LogP contribution in [0.2, 0.25) is 0 Å². The highest BCUT2D eigenvalue weighted by molar-refractivity contribution is 6.10. The zero-order valence-corrected chi connectivity index (χ0v) is 19.2. The standard InChI is InChI=1S/C22H25N7O.C2H6/c1-4-20(26-25-16(3)28-11-9-23-10-12-28)19-7-5-17(13-21(19)30)18-6-8-22-24-15(2)27-29(22)14-18;1-2/h4-8,13-14,23,30H,1,9-12H2,2-3H3;1-2H3/b25-16+,26-20+;. The Morgan fingerprint density at radius 1 is 1.12 bits per heavy atom. The first-order valence-corrected chi connectivity index (χ1v) is 10.9. The fourth-order valence-electron chi connectivity index (χ4n) is 3.48. The van der Waals surface area contributed by atoms with E-state index in [1.54, 1.807) is 16.7 Å². The van der Waals surface area contributed by atoms with Crippen LogP contribution in [0.3, 0.4) is 0 Å². The Morgan fingerprint density at radius 2 is 1.84 bits per heavy atom. The molecule has 1 fully saturated rings. The summed E-state index contributed by atoms with van der Waals surface area (Å²) in [6, 6.07) is 9.35. The molecule has 8 heteroatoms. The van der Waals surface area contributed by atoms with Crippen molar-refractivity contribution in [1.82, 2.24) is 24.8 Å². The number of aromatic nitrogens is 3. The highest BCUT2D eigenvalue weighted by Crippen LogP contribution is 2.27. The number of fused-ring (bicyclic) bond motifs is 1. The number of nitrogens with one attached hydrogen (secondary N) is 1. The van der Waals surface area contributed by atoms with E-state index in [1.165, 1.54) is 0 Å². The van der Waals surface area contributed by atoms with Crippen LogP contribution in [0.15, 0.2) is 59.4 Å². The van der Waals surface area contributed by atoms with Gasteiger partial charge >= 0.3 is 0 Å². The zero-order chi connectivity index (χ0) is 23.1. The Bertz CT molecular complexity index is 1140. The van der Waals surface area contributed by atoms with Crippen LogP contribution in [0.1, 0.15) is 32.2 Å². The summed E-state index contributed by atoms with van der Waals surface area (Å²) < 4.78 is 1.74. The van der Waals surface area contributed by atoms with Gasteiger partial charge in [-0.2, -0.15) is 5.10 Å². The van der Waals surface area contributed by atoms with E-state index in [9.17, 15) is 5.11 Å². The summed E-state index contributed by atoms with van der Waals surface area (Å²) in [5, 5.41) is 27.0. The third kappa shape index (κ3) is 5.20. The van der Waals surface area contributed by atoms with Gasteiger partial charge in [0, 0.05) is 43.5 Å². The molecule has 3 aromatic rings. The van der Waals surface area contributed by atoms with Crippen molar-refractivity contribution in [1.29, 1.82) is 0 Å². The first-order chi connectivity index (χ1) is 15.5. The number of amidine groups is 1. The molecule has 168 valence electrons. The summed E-state index contributed by atoms with van der Waals surface area (Å²) in [5.41, 5.74) is 3.70. The Kier molecular flexibility index (Phi) is 7.72. The molecular formula is C24H31N7O. The Morgan fingerprint density at radius 3 is 2.53 bits per heavy atom. The molecule has 1 aliphatic heterocycles. The summed E-state index contributed by atoms with van der Waals surface area (Å²) in [7, 11) is 0. The molecule has 0 radical (unpaired) electrons. The Balaban J connectivity index is 0.00000141. The number of hydrogen-bond donors (Lipinski definition) is 2. The second kappa shape index (κ2) is 10.7. The SMILES string of the molecule is C=C/C(=N\N=C(/C)N1CCNCC1)c1ccc(-c2ccc3nc(C)nn3c2)cc1O.CC. The quantitative estimate of drug-likeness (QED) is 0.372. The van der Waals surface area contributed by atoms with Gasteiger partial charge in [0.1, 0.15) is 17.4 Å². The van der Waals surface area contributed by atoms with E-state index in [4.69, 9.17) is 0 Å². The highest BCUT2D eigenvalue weighted by atomic mass is 16.3. The third-order valence-corrected chi connectivity index (χ3v) is 5.11. The number of piperazine rings is 1. The molecule has 1 aliphatic rings. The zero-order valence-electron chi connectivity index (χ0n) is 19.2. The van der Waals surface area contributed by atoms with Crippen LogP contribution < -0.4 is 5.32 Å². The summed E-state index contributed by atoms with van der Waals surface area (Å²) in [6.07, 6.45) is 3.50. The van der Waals surface area contributed by atoms with Crippen molar-refractivity contribution in [3.05, 3.63) is 60.6 Å². The maximum Gasteiger partial charge on any atom is 0.155 e. The van der Waals surface area contributed by atoms with Gasteiger partial charge in [0.05, 0.1) is 5.71 Å². The van der Waals surface area contributed by atoms with Crippen molar-refractivity contribution in [2.24, 2.45) is 10.2 Å². The molecule has 3 heterocycles. The molecule has 4 rings (SSSR count). The van der Waals surface area contributed by atoms with Crippen molar-refractivity contribution in [2.45, 2.75) is 27.7 Å². The Labute approximate surface area is 189 Å². The van der Waals surface area contributed by atoms with E-state index in [0.717, 1.165) is 48.8 Å². The smallest absolute Gasteiger partial charge is 0.155 e. The second-order valence-corrected chi connectivity index (χ2v) is 7.19. The second-order valence-electron chi connectivity index (χ2n) is 7.19. The van der Waals surface area contributed by atoms with E-state index in [1.807, 2.05) is 58.2 Å². The number of hydrogen-bond acceptors (Lipinski definition) is 6. The lowest BCUT2D eigenvalue weighted by molar-refractivity contribution is 0.355. The number of nitrogens with zero attached hydrogens (tertiary/aromatic N) is 6. The van der Waals surface area contributed by atoms with Crippen LogP contribution in [0.4, 0.5) is 0 Å². The van der Waals surface area contributed by atoms with Crippen LogP contribution >= 0.6 is 0 Å². The van der Waals surface area contributed by atoms with E-state index in [2.05, 4.69) is 37.1 Å². The summed E-state index contributed by atoms with van der Waals surface area (Å²) >= 11 is 0. The number of aromatic hydroxyl groups is 1. The van der Waals surface area contributed by atoms with Gasteiger partial charge in [-0.25, -0.2) is 9.50 Å². The number of benzene rings is 1. The Hall–Kier alpha value is -3.52. The molecule has 0 aliphatic carbocycles. The monoisotopic (exact) mass is 433 g/mol. The number of phenolic OH excluding ortho intramolecular Hbond substituents is 1. The molecule has 0 unspecified atom stereocenters. The fourth-order valence-corrected chi connectivity index (χ4v) is 3.48. The van der Waals surface area contributed by atoms with Gasteiger partial charge < -0.3 is 15.3 Å². The molecule has 0 bridgehead atoms. The van der Waals surface area contributed by atoms with Crippen LogP contribution in [0.25, 0.3) is 16.8 Å². The van der Waals surface area contributed by atoms with Crippen molar-refractivity contribution >= 4 is 17.2 Å². The van der Waals surface area contributed by atoms with E-state index < -0.39 is 0 Å². The lowest BCUT2D eigenvalue weighted by Gasteiger charge is -2.28. The molecule has 8 nitrogen and oxygen atoms in total. The van der Waals surface area contributed by atoms with Gasteiger partial charge in [0.15, 0.2) is 5.65 Å². The van der Waals surface area contributed by atoms with E-state index in [-0.39, 0.29) is 5.75 Å². The first-order valence-electron chi connectivity index (χ1n) is 10.9. The number of rotatable bonds is 4. The largest absolute Gasteiger partial charge is 0.507 e. The highest BCUT2D eigenvalue weighted by Gasteiger charge is 2.12. The molecule has 0 spiro atoms. The fraction of sp³-hybridized carbons (Fsp3) is 0.333. The van der Waals surface area contributed by atoms with Crippen LogP contribution in [-0.2, 0) is 0 Å². The molecule has 0 atom stereocenters. The minimum absolute atomic E-state index is 0.121. The number of phenols is 1. The van der Waals surface area contributed by atoms with Gasteiger partial charge in [-0.1, -0.05) is 26.5 Å². The first kappa shape index (κ1) is 23.1. The van der Waals surface area contributed by atoms with Gasteiger partial charge in [-0.05, 0) is 49.8 Å². The van der Waals surface area contributed by atoms with E-state index in [0.29, 0.717) is 17.1 Å². The topological polar surface area (TPSA) is 90.4 Å². The van der Waals surface area contributed by atoms with E-state index >= 15 is 0 Å². The van der Waals surface area contributed by atoms with Crippen LogP contribution in [0.5, 0.6) is 5.75 Å². The maximum atomic E-state index is 10.7. The summed E-state index contributed by atoms with van der Waals surface area (Å²) in [6.45, 7) is 15.3. The third-order valence-electron chi connectivity index (χ3n) is 5.11. The molecular weight excluding hydrogens is 402 g/mol. The number of pyridine rings is 1. The lowest BCUT2D eigenvalue weighted by Crippen LogP contribution is -2.45. The average Bonchev–Trinajstić information content (AvgIpc) is 3.21. The maximum absolute atomic E-state index is 10.7. The van der Waals surface area contributed by atoms with Crippen molar-refractivity contribution in [2.75, 3.05) is 26.2 Å². The van der Waals surface area contributed by atoms with Crippen molar-refractivity contribution < 1.29 is 5.11 Å². The molecule has 0 saturated carbocycles. The molecule has 1 aromatic carbocycles. The van der Waals surface area contributed by atoms with Gasteiger partial charge in [-0.15, -0.1) is 10.2 Å². The summed E-state index contributed by atoms with van der Waals surface area (Å²) in [5.74, 6) is 1.69. The van der Waals surface area contributed by atoms with Gasteiger partial charge in [0.2, 0.25) is 0 Å². The molecule has 2 N–H and O–H groups in total. The average molecular weight is 434 g/mol. The van der Waals surface area contributed by atoms with Crippen molar-refractivity contribution in [3.63, 3.8) is 0 Å². The molecule has 2 aromatic heterocycles. The molecule has 0 amide bonds. The van der Waals surface area contributed by atoms with Gasteiger partial charge in [0.25, 0.3) is 0 Å². The summed E-state index contributed by atoms with van der Waals surface area (Å²) in [4.78, 5) is 6.52. The van der Waals surface area contributed by atoms with Crippen LogP contribution in [0, 0.1) is 6.92 Å². The predicted octanol–water partition coefficient (Wildman–Crippen LogP) is 3.65. The lowest BCUT2D eigenvalue weighted by atomic mass is 10.0. The number of aryl methyl sites for hydroxylation is 1. The predicted molar refractivity (Wildman–Crippen MR) is 130 cm³/mol. The minimum Gasteiger partial charge on any atom is -0.507 e. The normalized spacial score (nSPS) is 14.8. The molecule has 32 heavy (non-hydrogen) atoms. The van der Waals surface area contributed by atoms with Gasteiger partial charge in [-0.3, -0.25) is 0 Å². The molecule has 1 saturated heterocycles. The van der Waals surface area contributed by atoms with Crippen molar-refractivity contribution in [3.8, 4) is 16.9 Å².